The summed E-state index contributed by atoms with van der Waals surface area (Å²) >= 11 is 0. The summed E-state index contributed by atoms with van der Waals surface area (Å²) in [4.78, 5) is 25.2. The van der Waals surface area contributed by atoms with Crippen molar-refractivity contribution in [3.05, 3.63) is 23.8 Å². The van der Waals surface area contributed by atoms with Gasteiger partial charge in [0.25, 0.3) is 0 Å². The molecule has 3 rings (SSSR count). The van der Waals surface area contributed by atoms with Crippen molar-refractivity contribution < 1.29 is 4.79 Å². The molecule has 1 aliphatic heterocycles. The van der Waals surface area contributed by atoms with E-state index >= 15 is 0 Å². The minimum Gasteiger partial charge on any atom is -0.340 e. The molecule has 1 saturated carbocycles. The molecule has 0 radical (unpaired) electrons. The van der Waals surface area contributed by atoms with E-state index in [2.05, 4.69) is 14.9 Å². The maximum Gasteiger partial charge on any atom is 0.225 e. The number of piperazine rings is 1. The van der Waals surface area contributed by atoms with Gasteiger partial charge in [0.1, 0.15) is 0 Å². The van der Waals surface area contributed by atoms with Gasteiger partial charge in [-0.25, -0.2) is 0 Å². The monoisotopic (exact) mass is 274 g/mol. The zero-order chi connectivity index (χ0) is 13.9. The van der Waals surface area contributed by atoms with E-state index < -0.39 is 0 Å². The van der Waals surface area contributed by atoms with Gasteiger partial charge in [-0.1, -0.05) is 6.42 Å². The van der Waals surface area contributed by atoms with Crippen molar-refractivity contribution in [1.82, 2.24) is 19.8 Å². The first-order valence-corrected chi connectivity index (χ1v) is 7.51. The Balaban J connectivity index is 1.48. The fourth-order valence-electron chi connectivity index (χ4n) is 2.77. The summed E-state index contributed by atoms with van der Waals surface area (Å²) in [6.45, 7) is 6.37. The zero-order valence-electron chi connectivity index (χ0n) is 12.1. The van der Waals surface area contributed by atoms with Crippen LogP contribution in [0.15, 0.2) is 12.4 Å². The van der Waals surface area contributed by atoms with Gasteiger partial charge in [0, 0.05) is 51.0 Å². The third kappa shape index (κ3) is 2.98. The lowest BCUT2D eigenvalue weighted by Gasteiger charge is -2.38. The van der Waals surface area contributed by atoms with Crippen LogP contribution in [0.3, 0.4) is 0 Å². The van der Waals surface area contributed by atoms with Gasteiger partial charge in [-0.2, -0.15) is 0 Å². The van der Waals surface area contributed by atoms with Gasteiger partial charge in [0.05, 0.1) is 11.4 Å². The van der Waals surface area contributed by atoms with E-state index in [0.29, 0.717) is 11.8 Å². The number of hydrogen-bond acceptors (Lipinski definition) is 4. The first-order chi connectivity index (χ1) is 9.72. The van der Waals surface area contributed by atoms with E-state index in [1.165, 1.54) is 6.42 Å². The summed E-state index contributed by atoms with van der Waals surface area (Å²) in [5.41, 5.74) is 1.96. The largest absolute Gasteiger partial charge is 0.340 e. The molecule has 1 aromatic heterocycles. The number of aryl methyl sites for hydroxylation is 1. The molecular formula is C15H22N4O. The fourth-order valence-corrected chi connectivity index (χ4v) is 2.77. The first kappa shape index (κ1) is 13.5. The van der Waals surface area contributed by atoms with Crippen LogP contribution in [0, 0.1) is 12.8 Å². The maximum absolute atomic E-state index is 12.2. The average Bonchev–Trinajstić information content (AvgIpc) is 2.40. The smallest absolute Gasteiger partial charge is 0.225 e. The van der Waals surface area contributed by atoms with E-state index in [1.807, 2.05) is 24.2 Å². The number of carbonyl (C=O) groups is 1. The molecule has 0 bridgehead atoms. The summed E-state index contributed by atoms with van der Waals surface area (Å²) in [7, 11) is 0. The molecule has 5 heteroatoms. The lowest BCUT2D eigenvalue weighted by molar-refractivity contribution is -0.140. The molecule has 0 N–H and O–H groups in total. The van der Waals surface area contributed by atoms with Crippen LogP contribution in [-0.2, 0) is 11.3 Å². The van der Waals surface area contributed by atoms with Gasteiger partial charge in [-0.3, -0.25) is 19.7 Å². The number of aromatic nitrogens is 2. The average molecular weight is 274 g/mol. The second-order valence-corrected chi connectivity index (χ2v) is 5.88. The highest BCUT2D eigenvalue weighted by Gasteiger charge is 2.31. The standard InChI is InChI=1S/C15H22N4O/c1-12-9-17-14(10-16-12)11-18-5-7-19(8-6-18)15(20)13-3-2-4-13/h9-10,13H,2-8,11H2,1H3. The molecule has 0 unspecified atom stereocenters. The molecule has 108 valence electrons. The number of rotatable bonds is 3. The Kier molecular flexibility index (Phi) is 3.96. The van der Waals surface area contributed by atoms with Gasteiger partial charge in [0.2, 0.25) is 5.91 Å². The van der Waals surface area contributed by atoms with Gasteiger partial charge >= 0.3 is 0 Å². The maximum atomic E-state index is 12.2. The molecule has 1 aromatic rings. The number of nitrogens with zero attached hydrogens (tertiary/aromatic N) is 4. The minimum absolute atomic E-state index is 0.324. The van der Waals surface area contributed by atoms with Crippen molar-refractivity contribution in [1.29, 1.82) is 0 Å². The molecular weight excluding hydrogens is 252 g/mol. The van der Waals surface area contributed by atoms with Gasteiger partial charge < -0.3 is 4.90 Å². The topological polar surface area (TPSA) is 49.3 Å². The fraction of sp³-hybridized carbons (Fsp3) is 0.667. The Morgan fingerprint density at radius 1 is 1.20 bits per heavy atom. The summed E-state index contributed by atoms with van der Waals surface area (Å²) in [6.07, 6.45) is 7.07. The van der Waals surface area contributed by atoms with Gasteiger partial charge in [-0.15, -0.1) is 0 Å². The highest BCUT2D eigenvalue weighted by Crippen LogP contribution is 2.28. The molecule has 0 spiro atoms. The predicted molar refractivity (Wildman–Crippen MR) is 76.0 cm³/mol. The summed E-state index contributed by atoms with van der Waals surface area (Å²) in [5.74, 6) is 0.704. The van der Waals surface area contributed by atoms with Crippen LogP contribution in [0.4, 0.5) is 0 Å². The minimum atomic E-state index is 0.324. The molecule has 0 atom stereocenters. The Morgan fingerprint density at radius 3 is 2.50 bits per heavy atom. The van der Waals surface area contributed by atoms with E-state index in [0.717, 1.165) is 57.0 Å². The predicted octanol–water partition coefficient (Wildman–Crippen LogP) is 1.23. The van der Waals surface area contributed by atoms with Crippen molar-refractivity contribution in [2.75, 3.05) is 26.2 Å². The third-order valence-corrected chi connectivity index (χ3v) is 4.36. The number of hydrogen-bond donors (Lipinski definition) is 0. The lowest BCUT2D eigenvalue weighted by atomic mass is 9.84. The van der Waals surface area contributed by atoms with Crippen LogP contribution in [-0.4, -0.2) is 51.9 Å². The van der Waals surface area contributed by atoms with E-state index in [1.54, 1.807) is 0 Å². The first-order valence-electron chi connectivity index (χ1n) is 7.51. The quantitative estimate of drug-likeness (QED) is 0.832. The number of carbonyl (C=O) groups excluding carboxylic acids is 1. The second-order valence-electron chi connectivity index (χ2n) is 5.88. The Hall–Kier alpha value is -1.49. The normalized spacial score (nSPS) is 20.8. The molecule has 2 heterocycles. The molecule has 20 heavy (non-hydrogen) atoms. The van der Waals surface area contributed by atoms with Gasteiger partial charge in [0.15, 0.2) is 0 Å². The molecule has 2 fully saturated rings. The Bertz CT molecular complexity index is 461. The molecule has 1 amide bonds. The molecule has 1 saturated heterocycles. The number of amides is 1. The van der Waals surface area contributed by atoms with Crippen LogP contribution in [0.1, 0.15) is 30.7 Å². The highest BCUT2D eigenvalue weighted by atomic mass is 16.2. The van der Waals surface area contributed by atoms with Crippen LogP contribution in [0.2, 0.25) is 0 Å². The molecule has 2 aliphatic rings. The van der Waals surface area contributed by atoms with E-state index in [9.17, 15) is 4.79 Å². The van der Waals surface area contributed by atoms with Crippen LogP contribution < -0.4 is 0 Å². The second kappa shape index (κ2) is 5.87. The van der Waals surface area contributed by atoms with Crippen LogP contribution in [0.5, 0.6) is 0 Å². The molecule has 0 aromatic carbocycles. The summed E-state index contributed by atoms with van der Waals surface area (Å²) in [6, 6.07) is 0. The molecule has 5 nitrogen and oxygen atoms in total. The molecule has 1 aliphatic carbocycles. The Labute approximate surface area is 120 Å². The van der Waals surface area contributed by atoms with Crippen LogP contribution >= 0.6 is 0 Å². The third-order valence-electron chi connectivity index (χ3n) is 4.36. The SMILES string of the molecule is Cc1cnc(CN2CCN(C(=O)C3CCC3)CC2)cn1. The van der Waals surface area contributed by atoms with Crippen molar-refractivity contribution in [3.63, 3.8) is 0 Å². The van der Waals surface area contributed by atoms with E-state index in [4.69, 9.17) is 0 Å². The van der Waals surface area contributed by atoms with Crippen LogP contribution in [0.25, 0.3) is 0 Å². The Morgan fingerprint density at radius 2 is 1.95 bits per heavy atom. The lowest BCUT2D eigenvalue weighted by Crippen LogP contribution is -2.50. The zero-order valence-corrected chi connectivity index (χ0v) is 12.1. The van der Waals surface area contributed by atoms with Crippen molar-refractivity contribution in [3.8, 4) is 0 Å². The highest BCUT2D eigenvalue weighted by molar-refractivity contribution is 5.79. The van der Waals surface area contributed by atoms with Crippen molar-refractivity contribution in [2.24, 2.45) is 5.92 Å². The van der Waals surface area contributed by atoms with Crippen molar-refractivity contribution in [2.45, 2.75) is 32.7 Å². The summed E-state index contributed by atoms with van der Waals surface area (Å²) < 4.78 is 0. The van der Waals surface area contributed by atoms with Gasteiger partial charge in [-0.05, 0) is 19.8 Å². The van der Waals surface area contributed by atoms with E-state index in [-0.39, 0.29) is 0 Å². The summed E-state index contributed by atoms with van der Waals surface area (Å²) in [5, 5.41) is 0. The van der Waals surface area contributed by atoms with Crippen molar-refractivity contribution >= 4 is 5.91 Å².